The van der Waals surface area contributed by atoms with Crippen molar-refractivity contribution < 1.29 is 13.5 Å². The standard InChI is InChI=1S/C9H8NO3S2/c11-3-4-15(12,13)7-1-2-8-9(5-7)14-6-10-8/h1-2,5,11H,3-4H2. The molecule has 79 valence electrons. The number of nitrogens with zero attached hydrogens (tertiary/aromatic N) is 1. The molecule has 0 atom stereocenters. The van der Waals surface area contributed by atoms with Gasteiger partial charge < -0.3 is 5.11 Å². The number of benzene rings is 1. The van der Waals surface area contributed by atoms with Crippen molar-refractivity contribution in [1.29, 1.82) is 0 Å². The molecule has 6 heteroatoms. The van der Waals surface area contributed by atoms with Crippen LogP contribution in [-0.2, 0) is 9.84 Å². The second-order valence-corrected chi connectivity index (χ2v) is 5.91. The molecule has 2 rings (SSSR count). The normalized spacial score (nSPS) is 12.1. The van der Waals surface area contributed by atoms with Gasteiger partial charge in [-0.2, -0.15) is 0 Å². The summed E-state index contributed by atoms with van der Waals surface area (Å²) >= 11 is 1.27. The maximum Gasteiger partial charge on any atom is 0.180 e. The Hall–Kier alpha value is -0.980. The summed E-state index contributed by atoms with van der Waals surface area (Å²) < 4.78 is 24.0. The molecule has 1 heterocycles. The van der Waals surface area contributed by atoms with Crippen molar-refractivity contribution in [1.82, 2.24) is 4.98 Å². The van der Waals surface area contributed by atoms with Crippen molar-refractivity contribution in [2.45, 2.75) is 4.90 Å². The molecule has 1 aromatic carbocycles. The van der Waals surface area contributed by atoms with Crippen molar-refractivity contribution in [3.8, 4) is 0 Å². The van der Waals surface area contributed by atoms with Crippen LogP contribution in [0.25, 0.3) is 10.2 Å². The van der Waals surface area contributed by atoms with Crippen molar-refractivity contribution in [3.63, 3.8) is 0 Å². The van der Waals surface area contributed by atoms with Crippen LogP contribution in [0.2, 0.25) is 0 Å². The topological polar surface area (TPSA) is 67.3 Å². The molecule has 4 nitrogen and oxygen atoms in total. The lowest BCUT2D eigenvalue weighted by Gasteiger charge is -2.01. The molecule has 0 aliphatic carbocycles. The fourth-order valence-corrected chi connectivity index (χ4v) is 2.99. The molecule has 0 aliphatic rings. The van der Waals surface area contributed by atoms with E-state index in [0.29, 0.717) is 0 Å². The molecule has 0 bridgehead atoms. The Morgan fingerprint density at radius 1 is 1.47 bits per heavy atom. The zero-order valence-electron chi connectivity index (χ0n) is 7.67. The minimum Gasteiger partial charge on any atom is -0.395 e. The highest BCUT2D eigenvalue weighted by Crippen LogP contribution is 2.21. The molecule has 0 aliphatic heterocycles. The lowest BCUT2D eigenvalue weighted by Crippen LogP contribution is -2.09. The lowest BCUT2D eigenvalue weighted by atomic mass is 10.3. The number of hydrogen-bond acceptors (Lipinski definition) is 5. The third-order valence-corrected chi connectivity index (χ3v) is 4.39. The molecule has 1 aromatic heterocycles. The van der Waals surface area contributed by atoms with Crippen molar-refractivity contribution in [3.05, 3.63) is 23.7 Å². The molecule has 0 spiro atoms. The predicted octanol–water partition coefficient (Wildman–Crippen LogP) is 0.862. The first-order chi connectivity index (χ1) is 7.13. The van der Waals surface area contributed by atoms with Gasteiger partial charge in [-0.05, 0) is 18.2 Å². The van der Waals surface area contributed by atoms with Gasteiger partial charge in [-0.3, -0.25) is 0 Å². The van der Waals surface area contributed by atoms with E-state index in [1.54, 1.807) is 12.1 Å². The number of fused-ring (bicyclic) bond motifs is 1. The van der Waals surface area contributed by atoms with Gasteiger partial charge in [-0.1, -0.05) is 0 Å². The fraction of sp³-hybridized carbons (Fsp3) is 0.222. The summed E-state index contributed by atoms with van der Waals surface area (Å²) in [5.41, 5.74) is 3.43. The van der Waals surface area contributed by atoms with E-state index in [1.807, 2.05) is 0 Å². The number of aliphatic hydroxyl groups excluding tert-OH is 1. The molecule has 0 amide bonds. The van der Waals surface area contributed by atoms with Gasteiger partial charge in [0.25, 0.3) is 0 Å². The minimum atomic E-state index is -3.36. The van der Waals surface area contributed by atoms with Crippen LogP contribution in [0.15, 0.2) is 23.1 Å². The highest BCUT2D eigenvalue weighted by molar-refractivity contribution is 7.91. The third-order valence-electron chi connectivity index (χ3n) is 1.97. The SMILES string of the molecule is O=S(=O)(CCO)c1ccc2n[c]sc2c1. The Balaban J connectivity index is 2.52. The second-order valence-electron chi connectivity index (χ2n) is 2.98. The van der Waals surface area contributed by atoms with Crippen molar-refractivity contribution in [2.75, 3.05) is 12.4 Å². The molecular weight excluding hydrogens is 234 g/mol. The number of sulfone groups is 1. The van der Waals surface area contributed by atoms with Gasteiger partial charge in [0.1, 0.15) is 0 Å². The Bertz CT molecular complexity index is 574. The van der Waals surface area contributed by atoms with E-state index in [9.17, 15) is 8.42 Å². The van der Waals surface area contributed by atoms with Crippen LogP contribution < -0.4 is 0 Å². The maximum atomic E-state index is 11.6. The zero-order valence-corrected chi connectivity index (χ0v) is 9.31. The summed E-state index contributed by atoms with van der Waals surface area (Å²) in [6.07, 6.45) is 0. The van der Waals surface area contributed by atoms with Gasteiger partial charge in [0, 0.05) is 0 Å². The fourth-order valence-electron chi connectivity index (χ4n) is 1.22. The molecule has 1 radical (unpaired) electrons. The van der Waals surface area contributed by atoms with Gasteiger partial charge in [-0.25, -0.2) is 13.4 Å². The average molecular weight is 242 g/mol. The first-order valence-corrected chi connectivity index (χ1v) is 6.70. The summed E-state index contributed by atoms with van der Waals surface area (Å²) in [6.45, 7) is -0.366. The summed E-state index contributed by atoms with van der Waals surface area (Å²) in [6, 6.07) is 4.71. The van der Waals surface area contributed by atoms with E-state index in [1.165, 1.54) is 17.4 Å². The first-order valence-electron chi connectivity index (χ1n) is 4.24. The molecule has 15 heavy (non-hydrogen) atoms. The Labute approximate surface area is 91.1 Å². The van der Waals surface area contributed by atoms with Crippen LogP contribution in [-0.4, -0.2) is 30.9 Å². The van der Waals surface area contributed by atoms with Gasteiger partial charge in [0.05, 0.1) is 27.5 Å². The quantitative estimate of drug-likeness (QED) is 0.867. The monoisotopic (exact) mass is 242 g/mol. The van der Waals surface area contributed by atoms with Crippen LogP contribution in [0.4, 0.5) is 0 Å². The number of hydrogen-bond donors (Lipinski definition) is 1. The van der Waals surface area contributed by atoms with Crippen LogP contribution in [0, 0.1) is 5.51 Å². The van der Waals surface area contributed by atoms with Crippen molar-refractivity contribution >= 4 is 31.4 Å². The summed E-state index contributed by atoms with van der Waals surface area (Å²) in [4.78, 5) is 4.16. The Morgan fingerprint density at radius 3 is 3.00 bits per heavy atom. The van der Waals surface area contributed by atoms with Crippen LogP contribution in [0.1, 0.15) is 0 Å². The highest BCUT2D eigenvalue weighted by atomic mass is 32.2. The number of aliphatic hydroxyl groups is 1. The number of rotatable bonds is 3. The Kier molecular flexibility index (Phi) is 2.72. The van der Waals surface area contributed by atoms with E-state index in [4.69, 9.17) is 5.11 Å². The van der Waals surface area contributed by atoms with E-state index in [-0.39, 0.29) is 17.3 Å². The van der Waals surface area contributed by atoms with Gasteiger partial charge >= 0.3 is 0 Å². The molecule has 0 saturated carbocycles. The second kappa shape index (κ2) is 3.88. The largest absolute Gasteiger partial charge is 0.395 e. The molecule has 2 aromatic rings. The van der Waals surface area contributed by atoms with Gasteiger partial charge in [0.15, 0.2) is 15.3 Å². The van der Waals surface area contributed by atoms with E-state index >= 15 is 0 Å². The summed E-state index contributed by atoms with van der Waals surface area (Å²) in [5, 5.41) is 8.64. The van der Waals surface area contributed by atoms with Crippen LogP contribution >= 0.6 is 11.3 Å². The van der Waals surface area contributed by atoms with Gasteiger partial charge in [0.2, 0.25) is 0 Å². The van der Waals surface area contributed by atoms with E-state index < -0.39 is 9.84 Å². The Morgan fingerprint density at radius 2 is 2.27 bits per heavy atom. The lowest BCUT2D eigenvalue weighted by molar-refractivity contribution is 0.319. The predicted molar refractivity (Wildman–Crippen MR) is 57.6 cm³/mol. The molecular formula is C9H8NO3S2. The van der Waals surface area contributed by atoms with Crippen LogP contribution in [0.3, 0.4) is 0 Å². The van der Waals surface area contributed by atoms with Gasteiger partial charge in [-0.15, -0.1) is 11.3 Å². The molecule has 0 unspecified atom stereocenters. The van der Waals surface area contributed by atoms with E-state index in [0.717, 1.165) is 10.2 Å². The summed E-state index contributed by atoms with van der Waals surface area (Å²) in [7, 11) is -3.36. The van der Waals surface area contributed by atoms with Crippen molar-refractivity contribution in [2.24, 2.45) is 0 Å². The summed E-state index contributed by atoms with van der Waals surface area (Å²) in [5.74, 6) is -0.249. The zero-order chi connectivity index (χ0) is 10.9. The number of aromatic nitrogens is 1. The molecule has 0 fully saturated rings. The molecule has 0 saturated heterocycles. The highest BCUT2D eigenvalue weighted by Gasteiger charge is 2.14. The van der Waals surface area contributed by atoms with Crippen LogP contribution in [0.5, 0.6) is 0 Å². The minimum absolute atomic E-state index is 0.224. The number of thiazole rings is 1. The van der Waals surface area contributed by atoms with E-state index in [2.05, 4.69) is 10.5 Å². The average Bonchev–Trinajstić information content (AvgIpc) is 2.63. The third kappa shape index (κ3) is 2.01. The smallest absolute Gasteiger partial charge is 0.180 e. The first kappa shape index (κ1) is 10.5. The maximum absolute atomic E-state index is 11.6. The molecule has 1 N–H and O–H groups in total.